The van der Waals surface area contributed by atoms with Gasteiger partial charge in [0.1, 0.15) is 52.3 Å². The first-order valence-electron chi connectivity index (χ1n) is 22.6. The number of halogens is 1. The van der Waals surface area contributed by atoms with Crippen molar-refractivity contribution in [3.63, 3.8) is 0 Å². The number of rotatable bonds is 26. The van der Waals surface area contributed by atoms with Crippen molar-refractivity contribution in [1.82, 2.24) is 55.4 Å². The van der Waals surface area contributed by atoms with Crippen molar-refractivity contribution < 1.29 is 57.0 Å². The maximum absolute atomic E-state index is 14.3. The first kappa shape index (κ1) is 63.6. The number of fused-ring (bicyclic) bond motifs is 2. The minimum atomic E-state index is -4.16. The number of aromatic nitrogens is 8. The first-order valence-corrected chi connectivity index (χ1v) is 26.6. The fourth-order valence-corrected chi connectivity index (χ4v) is 8.87. The molecule has 25 nitrogen and oxygen atoms in total. The standard InChI is InChI=1S/C25H44N7O6P.C9H14N5O4P.C8H15ClO2.H3N/c1-8-10-12-36-22(33)24(4,5)30-39(35,31-25(6,7)23(34)37-13-11-9-2)17-38-18(3)14-32-16-29-19-20(26)27-15-28-21(19)32;1-6(18-5-19(15,16)17)2-14-4-13-7-8(10)11-3-12-9(7)14;1-4-5-6-11-7(10)8(2,3)9;/h15-16,18H,8-14,17H2,1-7H3,(H2,26,27,28)(H2,30,31,35);3-4,6H,2,5H2,1H3,(H2,10,11,12)(H2,15,16,17);4-6H2,1-3H3;1H3/t18-;6-;;/m11../s1. The SMILES string of the molecule is CCCCOC(=O)C(C)(C)Cl.CCCCOC(=O)C(C)(C)NP(=O)(CO[C@H](C)Cn1cnc2c(N)ncnc21)NC(C)(C)C(=O)OCCCC.C[C@H](Cn1cnc2c(N)ncnc21)OCP(=O)(O)O.N. The fraction of sp³-hybridized carbons (Fsp3) is 0.690. The molecule has 28 heteroatoms. The van der Waals surface area contributed by atoms with Gasteiger partial charge in [-0.05, 0) is 74.7 Å². The van der Waals surface area contributed by atoms with Crippen molar-refractivity contribution >= 4 is 78.5 Å². The number of carbonyl (C=O) groups excluding carboxylic acids is 3. The molecule has 0 radical (unpaired) electrons. The summed E-state index contributed by atoms with van der Waals surface area (Å²) in [5, 5.41) is 5.81. The van der Waals surface area contributed by atoms with E-state index in [1.807, 2.05) is 20.8 Å². The molecule has 0 fully saturated rings. The molecule has 0 saturated heterocycles. The summed E-state index contributed by atoms with van der Waals surface area (Å²) in [6.07, 6.45) is 9.10. The number of hydrogen-bond acceptors (Lipinski definition) is 19. The fourth-order valence-electron chi connectivity index (χ4n) is 5.73. The van der Waals surface area contributed by atoms with Gasteiger partial charge in [-0.1, -0.05) is 40.0 Å². The normalized spacial score (nSPS) is 13.0. The summed E-state index contributed by atoms with van der Waals surface area (Å²) < 4.78 is 55.1. The molecule has 0 saturated carbocycles. The van der Waals surface area contributed by atoms with Crippen LogP contribution in [-0.4, -0.2) is 127 Å². The predicted octanol–water partition coefficient (Wildman–Crippen LogP) is 5.85. The van der Waals surface area contributed by atoms with E-state index in [1.165, 1.54) is 19.0 Å². The zero-order chi connectivity index (χ0) is 52.2. The lowest BCUT2D eigenvalue weighted by molar-refractivity contribution is -0.149. The van der Waals surface area contributed by atoms with Crippen LogP contribution in [0.4, 0.5) is 11.6 Å². The van der Waals surface area contributed by atoms with Crippen LogP contribution >= 0.6 is 26.6 Å². The third-order valence-corrected chi connectivity index (χ3v) is 12.4. The molecule has 2 atom stereocenters. The third-order valence-electron chi connectivity index (χ3n) is 9.45. The highest BCUT2D eigenvalue weighted by Crippen LogP contribution is 2.42. The van der Waals surface area contributed by atoms with E-state index in [4.69, 9.17) is 56.5 Å². The molecule has 398 valence electrons. The minimum Gasteiger partial charge on any atom is -0.464 e. The smallest absolute Gasteiger partial charge is 0.350 e. The number of anilines is 2. The molecule has 0 amide bonds. The zero-order valence-corrected chi connectivity index (χ0v) is 44.9. The molecule has 4 aromatic heterocycles. The van der Waals surface area contributed by atoms with Crippen molar-refractivity contribution in [1.29, 1.82) is 0 Å². The summed E-state index contributed by atoms with van der Waals surface area (Å²) in [4.78, 5) is 77.6. The molecule has 4 aromatic rings. The van der Waals surface area contributed by atoms with Gasteiger partial charge in [-0.15, -0.1) is 11.6 Å². The number of hydrogen-bond donors (Lipinski definition) is 7. The number of nitrogens with one attached hydrogen (secondary N) is 2. The molecule has 0 spiro atoms. The highest BCUT2D eigenvalue weighted by molar-refractivity contribution is 7.59. The number of nitrogens with zero attached hydrogens (tertiary/aromatic N) is 8. The average Bonchev–Trinajstić information content (AvgIpc) is 3.87. The Kier molecular flexibility index (Phi) is 26.5. The third kappa shape index (κ3) is 21.9. The topological polar surface area (TPSA) is 370 Å². The van der Waals surface area contributed by atoms with Crippen LogP contribution in [0, 0.1) is 0 Å². The van der Waals surface area contributed by atoms with Crippen LogP contribution in [0.5, 0.6) is 0 Å². The lowest BCUT2D eigenvalue weighted by Gasteiger charge is -2.35. The number of nitrogens with two attached hydrogens (primary N) is 2. The van der Waals surface area contributed by atoms with E-state index in [-0.39, 0.29) is 43.3 Å². The van der Waals surface area contributed by atoms with Gasteiger partial charge in [0.2, 0.25) is 7.44 Å². The number of alkyl halides is 1. The van der Waals surface area contributed by atoms with Gasteiger partial charge in [-0.25, -0.2) is 40.1 Å². The van der Waals surface area contributed by atoms with Crippen LogP contribution in [0.1, 0.15) is 115 Å². The van der Waals surface area contributed by atoms with E-state index >= 15 is 0 Å². The van der Waals surface area contributed by atoms with E-state index in [0.29, 0.717) is 54.9 Å². The molecule has 0 unspecified atom stereocenters. The van der Waals surface area contributed by atoms with Crippen LogP contribution in [-0.2, 0) is 60.3 Å². The maximum Gasteiger partial charge on any atom is 0.350 e. The van der Waals surface area contributed by atoms with Gasteiger partial charge in [0.05, 0.1) is 57.8 Å². The summed E-state index contributed by atoms with van der Waals surface area (Å²) in [5.74, 6) is -0.903. The summed E-state index contributed by atoms with van der Waals surface area (Å²) in [5.41, 5.74) is 10.9. The number of nitrogen functional groups attached to an aromatic ring is 2. The molecular formula is C42H76ClN13O12P2. The molecule has 0 aliphatic heterocycles. The quantitative estimate of drug-likeness (QED) is 0.0127. The van der Waals surface area contributed by atoms with Gasteiger partial charge in [0.15, 0.2) is 22.9 Å². The number of carbonyl (C=O) groups is 3. The van der Waals surface area contributed by atoms with Crippen molar-refractivity contribution in [3.05, 3.63) is 25.3 Å². The van der Waals surface area contributed by atoms with E-state index in [2.05, 4.69) is 40.1 Å². The monoisotopic (exact) mass is 1050 g/mol. The summed E-state index contributed by atoms with van der Waals surface area (Å²) in [6, 6.07) is 0. The van der Waals surface area contributed by atoms with Crippen LogP contribution < -0.4 is 27.8 Å². The Morgan fingerprint density at radius 1 is 0.657 bits per heavy atom. The van der Waals surface area contributed by atoms with Gasteiger partial charge in [0, 0.05) is 0 Å². The van der Waals surface area contributed by atoms with Gasteiger partial charge >= 0.3 is 25.5 Å². The van der Waals surface area contributed by atoms with Crippen LogP contribution in [0.25, 0.3) is 22.3 Å². The number of imidazole rings is 2. The van der Waals surface area contributed by atoms with Crippen LogP contribution in [0.15, 0.2) is 25.3 Å². The molecule has 4 heterocycles. The lowest BCUT2D eigenvalue weighted by atomic mass is 10.1. The van der Waals surface area contributed by atoms with Gasteiger partial charge < -0.3 is 60.2 Å². The highest BCUT2D eigenvalue weighted by atomic mass is 35.5. The Morgan fingerprint density at radius 3 is 1.36 bits per heavy atom. The predicted molar refractivity (Wildman–Crippen MR) is 267 cm³/mol. The minimum absolute atomic E-state index is 0. The molecule has 4 rings (SSSR count). The second kappa shape index (κ2) is 29.2. The molecular weight excluding hydrogens is 976 g/mol. The second-order valence-electron chi connectivity index (χ2n) is 17.7. The van der Waals surface area contributed by atoms with Gasteiger partial charge in [-0.2, -0.15) is 0 Å². The summed E-state index contributed by atoms with van der Waals surface area (Å²) >= 11 is 5.69. The van der Waals surface area contributed by atoms with E-state index in [1.54, 1.807) is 70.9 Å². The Labute approximate surface area is 414 Å². The van der Waals surface area contributed by atoms with Gasteiger partial charge in [0.25, 0.3) is 0 Å². The summed E-state index contributed by atoms with van der Waals surface area (Å²) in [6.45, 7) is 20.8. The second-order valence-corrected chi connectivity index (χ2v) is 22.4. The van der Waals surface area contributed by atoms with E-state index in [0.717, 1.165) is 25.7 Å². The molecule has 0 aliphatic rings. The molecule has 0 aliphatic carbocycles. The van der Waals surface area contributed by atoms with E-state index in [9.17, 15) is 23.5 Å². The highest BCUT2D eigenvalue weighted by Gasteiger charge is 2.43. The molecule has 11 N–H and O–H groups in total. The average molecular weight is 1050 g/mol. The zero-order valence-electron chi connectivity index (χ0n) is 42.3. The first-order chi connectivity index (χ1) is 32.1. The number of unbranched alkanes of at least 4 members (excludes halogenated alkanes) is 3. The maximum atomic E-state index is 14.3. The van der Waals surface area contributed by atoms with Crippen molar-refractivity contribution in [3.8, 4) is 0 Å². The van der Waals surface area contributed by atoms with Crippen LogP contribution in [0.2, 0.25) is 0 Å². The number of esters is 3. The Balaban J connectivity index is 0.000000648. The Morgan fingerprint density at radius 2 is 1.01 bits per heavy atom. The van der Waals surface area contributed by atoms with Crippen molar-refractivity contribution in [2.75, 3.05) is 44.0 Å². The van der Waals surface area contributed by atoms with Crippen LogP contribution in [0.3, 0.4) is 0 Å². The summed E-state index contributed by atoms with van der Waals surface area (Å²) in [7, 11) is -7.90. The largest absolute Gasteiger partial charge is 0.464 e. The van der Waals surface area contributed by atoms with E-state index < -0.39 is 61.5 Å². The lowest BCUT2D eigenvalue weighted by Crippen LogP contribution is -2.54. The molecule has 0 aromatic carbocycles. The van der Waals surface area contributed by atoms with Crippen molar-refractivity contribution in [2.45, 2.75) is 156 Å². The Hall–Kier alpha value is -4.42. The molecule has 0 bridgehead atoms. The Bertz CT molecular complexity index is 2300. The van der Waals surface area contributed by atoms with Crippen molar-refractivity contribution in [2.24, 2.45) is 0 Å². The number of ether oxygens (including phenoxy) is 5. The molecule has 70 heavy (non-hydrogen) atoms. The van der Waals surface area contributed by atoms with Gasteiger partial charge in [-0.3, -0.25) is 23.5 Å².